The van der Waals surface area contributed by atoms with Crippen LogP contribution in [-0.2, 0) is 5.60 Å². The third-order valence-electron chi connectivity index (χ3n) is 6.75. The van der Waals surface area contributed by atoms with Gasteiger partial charge in [-0.2, -0.15) is 0 Å². The first kappa shape index (κ1) is 24.7. The number of rotatable bonds is 9. The maximum absolute atomic E-state index is 12.6. The van der Waals surface area contributed by atoms with Crippen molar-refractivity contribution in [3.8, 4) is 23.0 Å². The van der Waals surface area contributed by atoms with Crippen molar-refractivity contribution in [2.45, 2.75) is 62.1 Å². The summed E-state index contributed by atoms with van der Waals surface area (Å²) in [6.07, 6.45) is 6.45. The summed E-state index contributed by atoms with van der Waals surface area (Å²) in [6, 6.07) is 16.9. The Labute approximate surface area is 208 Å². The Morgan fingerprint density at radius 2 is 1.45 bits per heavy atom. The van der Waals surface area contributed by atoms with Crippen molar-refractivity contribution in [2.24, 2.45) is 0 Å². The van der Waals surface area contributed by atoms with Crippen LogP contribution in [0.25, 0.3) is 11.1 Å². The second-order valence-electron chi connectivity index (χ2n) is 9.09. The van der Waals surface area contributed by atoms with E-state index < -0.39 is 5.60 Å². The van der Waals surface area contributed by atoms with E-state index in [1.807, 2.05) is 23.5 Å². The maximum atomic E-state index is 12.6. The number of fused-ring (bicyclic) bond motifs is 3. The first-order valence-electron chi connectivity index (χ1n) is 12.5. The van der Waals surface area contributed by atoms with Crippen molar-refractivity contribution in [1.82, 2.24) is 4.90 Å². The lowest BCUT2D eigenvalue weighted by atomic mass is 9.85. The van der Waals surface area contributed by atoms with E-state index >= 15 is 0 Å². The Bertz CT molecular complexity index is 935. The highest BCUT2D eigenvalue weighted by molar-refractivity contribution is 8.18. The van der Waals surface area contributed by atoms with Crippen LogP contribution in [0.2, 0.25) is 0 Å². The van der Waals surface area contributed by atoms with Gasteiger partial charge in [0, 0.05) is 6.42 Å². The lowest BCUT2D eigenvalue weighted by molar-refractivity contribution is 0.0681. The van der Waals surface area contributed by atoms with Gasteiger partial charge in [0.15, 0.2) is 0 Å². The molecular formula is C29H37NOS2. The highest BCUT2D eigenvalue weighted by Crippen LogP contribution is 2.63. The number of thioether (sulfide) groups is 2. The number of hydrogen-bond donors (Lipinski definition) is 1. The highest BCUT2D eigenvalue weighted by atomic mass is 32.2. The van der Waals surface area contributed by atoms with E-state index in [1.54, 1.807) is 0 Å². The minimum absolute atomic E-state index is 0.272. The van der Waals surface area contributed by atoms with Gasteiger partial charge in [0.2, 0.25) is 0 Å². The summed E-state index contributed by atoms with van der Waals surface area (Å²) in [5, 5.41) is 12.6. The Balaban J connectivity index is 1.54. The lowest BCUT2D eigenvalue weighted by Crippen LogP contribution is -2.48. The van der Waals surface area contributed by atoms with Crippen LogP contribution >= 0.6 is 23.5 Å². The van der Waals surface area contributed by atoms with Crippen molar-refractivity contribution in [3.05, 3.63) is 59.7 Å². The Morgan fingerprint density at radius 1 is 0.879 bits per heavy atom. The zero-order chi connectivity index (χ0) is 23.2. The summed E-state index contributed by atoms with van der Waals surface area (Å²) < 4.78 is -0.272. The van der Waals surface area contributed by atoms with Crippen molar-refractivity contribution in [3.63, 3.8) is 0 Å². The molecule has 1 aliphatic heterocycles. The zero-order valence-corrected chi connectivity index (χ0v) is 21.7. The average Bonchev–Trinajstić information content (AvgIpc) is 3.12. The van der Waals surface area contributed by atoms with Crippen LogP contribution in [0.3, 0.4) is 0 Å². The smallest absolute Gasteiger partial charge is 0.139 e. The normalized spacial score (nSPS) is 17.8. The van der Waals surface area contributed by atoms with Crippen molar-refractivity contribution >= 4 is 23.5 Å². The third-order valence-corrected chi connectivity index (χ3v) is 10.4. The highest BCUT2D eigenvalue weighted by Gasteiger charge is 2.57. The number of benzene rings is 2. The summed E-state index contributed by atoms with van der Waals surface area (Å²) in [4.78, 5) is 2.45. The predicted octanol–water partition coefficient (Wildman–Crippen LogP) is 6.77. The Kier molecular flexibility index (Phi) is 8.52. The van der Waals surface area contributed by atoms with Crippen molar-refractivity contribution < 1.29 is 5.11 Å². The summed E-state index contributed by atoms with van der Waals surface area (Å²) in [7, 11) is 0. The van der Waals surface area contributed by atoms with Crippen LogP contribution in [-0.4, -0.2) is 45.2 Å². The molecule has 0 radical (unpaired) electrons. The van der Waals surface area contributed by atoms with Crippen molar-refractivity contribution in [1.29, 1.82) is 0 Å². The fraction of sp³-hybridized carbons (Fsp3) is 0.517. The largest absolute Gasteiger partial charge is 0.378 e. The molecule has 2 aromatic carbocycles. The van der Waals surface area contributed by atoms with Gasteiger partial charge in [-0.05, 0) is 79.0 Å². The summed E-state index contributed by atoms with van der Waals surface area (Å²) in [6.45, 7) is 7.61. The summed E-state index contributed by atoms with van der Waals surface area (Å²) in [5.74, 6) is 9.07. The van der Waals surface area contributed by atoms with Gasteiger partial charge >= 0.3 is 0 Å². The van der Waals surface area contributed by atoms with Gasteiger partial charge in [0.05, 0.1) is 10.6 Å². The topological polar surface area (TPSA) is 23.5 Å². The molecule has 176 valence electrons. The van der Waals surface area contributed by atoms with E-state index in [0.717, 1.165) is 61.5 Å². The van der Waals surface area contributed by atoms with Gasteiger partial charge in [-0.1, -0.05) is 68.3 Å². The van der Waals surface area contributed by atoms with Gasteiger partial charge in [0.1, 0.15) is 5.60 Å². The minimum atomic E-state index is -0.970. The van der Waals surface area contributed by atoms with E-state index in [2.05, 4.69) is 79.1 Å². The fourth-order valence-corrected chi connectivity index (χ4v) is 8.99. The van der Waals surface area contributed by atoms with Gasteiger partial charge < -0.3 is 5.11 Å². The van der Waals surface area contributed by atoms with Crippen LogP contribution in [0.15, 0.2) is 48.5 Å². The molecule has 1 aliphatic carbocycles. The van der Waals surface area contributed by atoms with E-state index in [1.165, 1.54) is 30.4 Å². The quantitative estimate of drug-likeness (QED) is 0.317. The van der Waals surface area contributed by atoms with Crippen LogP contribution < -0.4 is 0 Å². The molecule has 0 spiro atoms. The number of aliphatic hydroxyl groups is 1. The molecule has 1 fully saturated rings. The standard InChI is InChI=1S/C29H37NOS2/c1-3-19-30(20-4-2)21-12-6-5-11-18-28(32-22-13-23-33-28)29(31)26-16-9-7-14-24(26)25-15-8-10-17-27(25)29/h7-10,14-17,31H,3-5,11,13,18-23H2,1-2H3. The van der Waals surface area contributed by atoms with E-state index in [-0.39, 0.29) is 4.08 Å². The molecule has 0 aromatic heterocycles. The van der Waals surface area contributed by atoms with Crippen molar-refractivity contribution in [2.75, 3.05) is 31.1 Å². The molecule has 0 bridgehead atoms. The maximum Gasteiger partial charge on any atom is 0.139 e. The number of nitrogens with zero attached hydrogens (tertiary/aromatic N) is 1. The lowest BCUT2D eigenvalue weighted by Gasteiger charge is -2.47. The van der Waals surface area contributed by atoms with E-state index in [4.69, 9.17) is 0 Å². The molecule has 0 unspecified atom stereocenters. The Hall–Kier alpha value is -1.38. The third kappa shape index (κ3) is 4.89. The molecular weight excluding hydrogens is 442 g/mol. The SMILES string of the molecule is CCCN(CC#CCCCC1(C2(O)c3ccccc3-c3ccccc32)SCCCS1)CCC. The number of unbranched alkanes of at least 4 members (excludes halogenated alkanes) is 1. The first-order valence-corrected chi connectivity index (χ1v) is 14.5. The summed E-state index contributed by atoms with van der Waals surface area (Å²) in [5.41, 5.74) is 3.56. The molecule has 4 heteroatoms. The molecule has 2 nitrogen and oxygen atoms in total. The second-order valence-corrected chi connectivity index (χ2v) is 12.1. The molecule has 0 saturated carbocycles. The van der Waals surface area contributed by atoms with Crippen LogP contribution in [0, 0.1) is 11.8 Å². The van der Waals surface area contributed by atoms with E-state index in [9.17, 15) is 5.11 Å². The van der Waals surface area contributed by atoms with Crippen LogP contribution in [0.1, 0.15) is 63.5 Å². The molecule has 1 heterocycles. The molecule has 0 atom stereocenters. The molecule has 2 aliphatic rings. The molecule has 33 heavy (non-hydrogen) atoms. The van der Waals surface area contributed by atoms with Gasteiger partial charge in [-0.15, -0.1) is 29.4 Å². The average molecular weight is 480 g/mol. The van der Waals surface area contributed by atoms with Crippen LogP contribution in [0.5, 0.6) is 0 Å². The minimum Gasteiger partial charge on any atom is -0.378 e. The van der Waals surface area contributed by atoms with Gasteiger partial charge in [-0.25, -0.2) is 0 Å². The number of hydrogen-bond acceptors (Lipinski definition) is 4. The van der Waals surface area contributed by atoms with Gasteiger partial charge in [-0.3, -0.25) is 4.90 Å². The molecule has 1 saturated heterocycles. The fourth-order valence-electron chi connectivity index (χ4n) is 5.30. The van der Waals surface area contributed by atoms with Gasteiger partial charge in [0.25, 0.3) is 0 Å². The Morgan fingerprint density at radius 3 is 2.03 bits per heavy atom. The molecule has 4 rings (SSSR count). The van der Waals surface area contributed by atoms with Crippen LogP contribution in [0.4, 0.5) is 0 Å². The summed E-state index contributed by atoms with van der Waals surface area (Å²) >= 11 is 3.94. The molecule has 1 N–H and O–H groups in total. The monoisotopic (exact) mass is 479 g/mol. The predicted molar refractivity (Wildman–Crippen MR) is 146 cm³/mol. The van der Waals surface area contributed by atoms with E-state index in [0.29, 0.717) is 0 Å². The zero-order valence-electron chi connectivity index (χ0n) is 20.1. The first-order chi connectivity index (χ1) is 16.2. The molecule has 0 amide bonds. The molecule has 2 aromatic rings. The second kappa shape index (κ2) is 11.4.